The van der Waals surface area contributed by atoms with E-state index in [1.54, 1.807) is 19.6 Å². The van der Waals surface area contributed by atoms with E-state index in [9.17, 15) is 60.3 Å². The van der Waals surface area contributed by atoms with E-state index in [0.29, 0.717) is 13.1 Å². The molecule has 9 N–H and O–H groups in total. The highest BCUT2D eigenvalue weighted by Gasteiger charge is 2.55. The summed E-state index contributed by atoms with van der Waals surface area (Å²) >= 11 is 0. The van der Waals surface area contributed by atoms with Crippen LogP contribution in [0, 0.1) is 10.8 Å². The maximum atomic E-state index is 11.5. The molecule has 2 heterocycles. The molecule has 1 atom stereocenters. The summed E-state index contributed by atoms with van der Waals surface area (Å²) in [6, 6.07) is 0. The number of aliphatic carboxylic acids is 3. The van der Waals surface area contributed by atoms with Gasteiger partial charge in [-0.05, 0) is 0 Å². The van der Waals surface area contributed by atoms with E-state index in [-0.39, 0.29) is 85.1 Å². The van der Waals surface area contributed by atoms with E-state index in [0.717, 1.165) is 0 Å². The monoisotopic (exact) mass is 623 g/mol. The minimum atomic E-state index is -1.44. The van der Waals surface area contributed by atoms with Crippen molar-refractivity contribution in [1.29, 1.82) is 0 Å². The van der Waals surface area contributed by atoms with Crippen molar-refractivity contribution in [2.24, 2.45) is 10.8 Å². The molecule has 2 fully saturated rings. The van der Waals surface area contributed by atoms with E-state index in [2.05, 4.69) is 0 Å². The van der Waals surface area contributed by atoms with Crippen molar-refractivity contribution < 1.29 is 60.3 Å². The van der Waals surface area contributed by atoms with Crippen LogP contribution in [0.25, 0.3) is 0 Å². The Bertz CT molecular complexity index is 837. The molecule has 0 radical (unpaired) electrons. The van der Waals surface area contributed by atoms with Crippen LogP contribution in [0.15, 0.2) is 0 Å². The highest BCUT2D eigenvalue weighted by atomic mass is 16.4. The van der Waals surface area contributed by atoms with Gasteiger partial charge in [-0.3, -0.25) is 38.9 Å². The van der Waals surface area contributed by atoms with Crippen LogP contribution in [0.5, 0.6) is 0 Å². The van der Waals surface area contributed by atoms with E-state index in [1.807, 2.05) is 4.90 Å². The van der Waals surface area contributed by atoms with Gasteiger partial charge in [0.1, 0.15) is 0 Å². The van der Waals surface area contributed by atoms with Crippen LogP contribution in [0.3, 0.4) is 0 Å². The van der Waals surface area contributed by atoms with Crippen molar-refractivity contribution >= 4 is 17.9 Å². The predicted octanol–water partition coefficient (Wildman–Crippen LogP) is -5.56. The fourth-order valence-electron chi connectivity index (χ4n) is 6.01. The van der Waals surface area contributed by atoms with Gasteiger partial charge in [-0.2, -0.15) is 0 Å². The molecule has 0 saturated carbocycles. The number of hydrogen-bond acceptors (Lipinski definition) is 14. The lowest BCUT2D eigenvalue weighted by Gasteiger charge is -2.54. The number of aliphatic hydroxyl groups is 6. The van der Waals surface area contributed by atoms with Gasteiger partial charge in [-0.15, -0.1) is 0 Å². The van der Waals surface area contributed by atoms with Crippen molar-refractivity contribution in [3.8, 4) is 0 Å². The molecule has 0 aliphatic carbocycles. The lowest BCUT2D eigenvalue weighted by atomic mass is 9.65. The Balaban J connectivity index is 2.20. The first-order chi connectivity index (χ1) is 20.3. The number of hydrogen-bond donors (Lipinski definition) is 9. The first-order valence-electron chi connectivity index (χ1n) is 14.4. The summed E-state index contributed by atoms with van der Waals surface area (Å²) < 4.78 is 0. The number of β-amino-alcohol motifs (C(OH)–C–C–N with tert-alkyl or cyclic N) is 1. The van der Waals surface area contributed by atoms with Gasteiger partial charge in [0, 0.05) is 78.5 Å². The zero-order valence-electron chi connectivity index (χ0n) is 24.6. The summed E-state index contributed by atoms with van der Waals surface area (Å²) in [5.74, 6) is -3.14. The standard InChI is InChI=1S/C26H49N5O12/c32-16-25(17-33)14-31(15-26(18-34,19-35)24(25)43)10-20(36)9-27-1-3-28(11-21(37)38)5-7-30(13-23(41)42)8-6-29(4-2-27)12-22(39)40/h20,24,32-36,43H,1-19H2,(H,37,38)(H,39,40)(H,41,42). The summed E-state index contributed by atoms with van der Waals surface area (Å²) in [7, 11) is 0. The number of aliphatic hydroxyl groups excluding tert-OH is 6. The third-order valence-corrected chi connectivity index (χ3v) is 8.44. The third kappa shape index (κ3) is 11.1. The molecule has 2 aliphatic rings. The number of rotatable bonds is 14. The summed E-state index contributed by atoms with van der Waals surface area (Å²) in [6.45, 7) is -0.935. The Morgan fingerprint density at radius 2 is 0.837 bits per heavy atom. The number of carboxylic acids is 3. The average Bonchev–Trinajstić information content (AvgIpc) is 2.94. The van der Waals surface area contributed by atoms with Crippen molar-refractivity contribution in [2.45, 2.75) is 12.2 Å². The van der Waals surface area contributed by atoms with Gasteiger partial charge in [-0.25, -0.2) is 0 Å². The Hall–Kier alpha value is -2.03. The van der Waals surface area contributed by atoms with Gasteiger partial charge < -0.3 is 46.0 Å². The topological polar surface area (TPSA) is 249 Å². The van der Waals surface area contributed by atoms with E-state index in [1.165, 1.54) is 0 Å². The number of carboxylic acid groups (broad SMARTS) is 3. The first kappa shape index (κ1) is 37.2. The Morgan fingerprint density at radius 3 is 1.12 bits per heavy atom. The van der Waals surface area contributed by atoms with Crippen LogP contribution in [0.1, 0.15) is 0 Å². The van der Waals surface area contributed by atoms with Gasteiger partial charge in [-0.1, -0.05) is 0 Å². The Kier molecular flexibility index (Phi) is 15.1. The highest BCUT2D eigenvalue weighted by molar-refractivity contribution is 5.69. The predicted molar refractivity (Wildman–Crippen MR) is 150 cm³/mol. The molecule has 2 rings (SSSR count). The summed E-state index contributed by atoms with van der Waals surface area (Å²) in [5.41, 5.74) is -2.89. The van der Waals surface area contributed by atoms with Crippen LogP contribution in [0.4, 0.5) is 0 Å². The second-order valence-corrected chi connectivity index (χ2v) is 11.9. The Labute approximate surface area is 250 Å². The number of nitrogens with zero attached hydrogens (tertiary/aromatic N) is 5. The van der Waals surface area contributed by atoms with Crippen LogP contribution in [0.2, 0.25) is 0 Å². The maximum absolute atomic E-state index is 11.5. The molecular weight excluding hydrogens is 574 g/mol. The summed E-state index contributed by atoms with van der Waals surface area (Å²) in [5, 5.41) is 90.2. The van der Waals surface area contributed by atoms with Crippen LogP contribution < -0.4 is 0 Å². The van der Waals surface area contributed by atoms with Gasteiger partial charge in [0.05, 0.1) is 69.1 Å². The van der Waals surface area contributed by atoms with Crippen molar-refractivity contribution in [1.82, 2.24) is 24.5 Å². The smallest absolute Gasteiger partial charge is 0.317 e. The molecule has 250 valence electrons. The quantitative estimate of drug-likeness (QED) is 0.0875. The normalized spacial score (nSPS) is 23.3. The zero-order valence-corrected chi connectivity index (χ0v) is 24.6. The third-order valence-electron chi connectivity index (χ3n) is 8.44. The van der Waals surface area contributed by atoms with Gasteiger partial charge >= 0.3 is 17.9 Å². The van der Waals surface area contributed by atoms with Gasteiger partial charge in [0.2, 0.25) is 0 Å². The fourth-order valence-corrected chi connectivity index (χ4v) is 6.01. The lowest BCUT2D eigenvalue weighted by Crippen LogP contribution is -2.68. The molecule has 2 aliphatic heterocycles. The fraction of sp³-hybridized carbons (Fsp3) is 0.885. The van der Waals surface area contributed by atoms with E-state index in [4.69, 9.17) is 0 Å². The minimum absolute atomic E-state index is 0.00834. The number of likely N-dealkylation sites (tertiary alicyclic amines) is 1. The maximum Gasteiger partial charge on any atom is 0.317 e. The lowest BCUT2D eigenvalue weighted by molar-refractivity contribution is -0.196. The van der Waals surface area contributed by atoms with Crippen molar-refractivity contribution in [3.05, 3.63) is 0 Å². The van der Waals surface area contributed by atoms with Gasteiger partial charge in [0.25, 0.3) is 0 Å². The molecule has 0 aromatic rings. The van der Waals surface area contributed by atoms with Crippen LogP contribution >= 0.6 is 0 Å². The van der Waals surface area contributed by atoms with Gasteiger partial charge in [0.15, 0.2) is 0 Å². The Morgan fingerprint density at radius 1 is 0.558 bits per heavy atom. The number of piperidine rings is 1. The molecule has 43 heavy (non-hydrogen) atoms. The van der Waals surface area contributed by atoms with Crippen molar-refractivity contribution in [3.63, 3.8) is 0 Å². The summed E-state index contributed by atoms with van der Waals surface area (Å²) in [4.78, 5) is 42.9. The molecule has 17 nitrogen and oxygen atoms in total. The van der Waals surface area contributed by atoms with Crippen molar-refractivity contribution in [2.75, 3.05) is 125 Å². The zero-order chi connectivity index (χ0) is 32.2. The molecule has 17 heteroatoms. The minimum Gasteiger partial charge on any atom is -0.480 e. The SMILES string of the molecule is O=C(O)CN1CCN(CC(=O)O)CCN(CC(O)CN2CC(CO)(CO)C(O)C(CO)(CO)C2)CCN(CC(=O)O)CC1. The van der Waals surface area contributed by atoms with E-state index >= 15 is 0 Å². The largest absolute Gasteiger partial charge is 0.480 e. The molecular formula is C26H49N5O12. The van der Waals surface area contributed by atoms with E-state index < -0.39 is 67.4 Å². The summed E-state index contributed by atoms with van der Waals surface area (Å²) in [6.07, 6.45) is -2.42. The molecule has 0 amide bonds. The molecule has 0 spiro atoms. The molecule has 0 bridgehead atoms. The molecule has 0 aromatic heterocycles. The number of carbonyl (C=O) groups is 3. The second kappa shape index (κ2) is 17.5. The van der Waals surface area contributed by atoms with Crippen LogP contribution in [-0.2, 0) is 14.4 Å². The molecule has 2 saturated heterocycles. The average molecular weight is 624 g/mol. The highest BCUT2D eigenvalue weighted by Crippen LogP contribution is 2.40. The molecule has 0 aromatic carbocycles. The second-order valence-electron chi connectivity index (χ2n) is 11.9. The first-order valence-corrected chi connectivity index (χ1v) is 14.4. The molecule has 1 unspecified atom stereocenters. The van der Waals surface area contributed by atoms with Crippen LogP contribution in [-0.4, -0.2) is 225 Å².